The molecule has 0 aromatic heterocycles. The second-order valence-electron chi connectivity index (χ2n) is 5.67. The molecule has 1 aliphatic heterocycles. The van der Waals surface area contributed by atoms with Gasteiger partial charge in [-0.15, -0.1) is 0 Å². The van der Waals surface area contributed by atoms with Crippen molar-refractivity contribution in [3.05, 3.63) is 22.8 Å². The molecule has 0 N–H and O–H groups in total. The Labute approximate surface area is 105 Å². The predicted octanol–water partition coefficient (Wildman–Crippen LogP) is 4.13. The fourth-order valence-corrected chi connectivity index (χ4v) is 2.14. The molecule has 1 heterocycles. The van der Waals surface area contributed by atoms with Crippen LogP contribution in [-0.4, -0.2) is 18.0 Å². The highest BCUT2D eigenvalue weighted by Gasteiger charge is 2.27. The largest absolute Gasteiger partial charge is 0.475 e. The monoisotopic (exact) mass is 235 g/mol. The number of aliphatic imine (C=N–C) groups is 1. The number of rotatable bonds is 3. The van der Waals surface area contributed by atoms with E-state index < -0.39 is 0 Å². The van der Waals surface area contributed by atoms with Crippen LogP contribution in [-0.2, 0) is 4.74 Å². The molecule has 0 atom stereocenters. The van der Waals surface area contributed by atoms with Crippen molar-refractivity contribution in [1.29, 1.82) is 0 Å². The summed E-state index contributed by atoms with van der Waals surface area (Å²) >= 11 is 0. The van der Waals surface area contributed by atoms with Gasteiger partial charge in [-0.25, -0.2) is 4.99 Å². The minimum atomic E-state index is -0.0786. The van der Waals surface area contributed by atoms with Crippen molar-refractivity contribution < 1.29 is 4.74 Å². The summed E-state index contributed by atoms with van der Waals surface area (Å²) in [5.74, 6) is 1.34. The zero-order valence-electron chi connectivity index (χ0n) is 12.2. The minimum absolute atomic E-state index is 0.0786. The summed E-state index contributed by atoms with van der Waals surface area (Å²) in [5, 5.41) is 0. The molecule has 0 aromatic rings. The van der Waals surface area contributed by atoms with Crippen LogP contribution in [0.25, 0.3) is 0 Å². The normalized spacial score (nSPS) is 21.2. The molecule has 0 saturated heterocycles. The van der Waals surface area contributed by atoms with E-state index in [0.717, 1.165) is 11.5 Å². The van der Waals surface area contributed by atoms with Crippen LogP contribution in [0.4, 0.5) is 0 Å². The van der Waals surface area contributed by atoms with Gasteiger partial charge in [0.05, 0.1) is 5.54 Å². The minimum Gasteiger partial charge on any atom is -0.475 e. The van der Waals surface area contributed by atoms with E-state index in [2.05, 4.69) is 59.5 Å². The van der Waals surface area contributed by atoms with Gasteiger partial charge < -0.3 is 4.74 Å². The van der Waals surface area contributed by atoms with E-state index in [1.807, 2.05) is 0 Å². The van der Waals surface area contributed by atoms with Gasteiger partial charge in [-0.2, -0.15) is 0 Å². The van der Waals surface area contributed by atoms with Crippen LogP contribution >= 0.6 is 0 Å². The lowest BCUT2D eigenvalue weighted by molar-refractivity contribution is 0.279. The number of allylic oxidation sites excluding steroid dienone is 3. The van der Waals surface area contributed by atoms with Crippen LogP contribution in [0, 0.1) is 5.92 Å². The van der Waals surface area contributed by atoms with Gasteiger partial charge >= 0.3 is 0 Å². The van der Waals surface area contributed by atoms with E-state index in [1.54, 1.807) is 0 Å². The molecule has 0 radical (unpaired) electrons. The molecular formula is C15H25NO. The average molecular weight is 235 g/mol. The van der Waals surface area contributed by atoms with Crippen molar-refractivity contribution in [1.82, 2.24) is 0 Å². The molecule has 0 aromatic carbocycles. The molecule has 1 rings (SSSR count). The number of nitrogens with zero attached hydrogens (tertiary/aromatic N) is 1. The molecule has 0 aliphatic carbocycles. The van der Waals surface area contributed by atoms with Crippen LogP contribution < -0.4 is 0 Å². The lowest BCUT2D eigenvalue weighted by Gasteiger charge is -2.14. The Hall–Kier alpha value is -1.05. The maximum Gasteiger partial charge on any atom is 0.212 e. The summed E-state index contributed by atoms with van der Waals surface area (Å²) in [6, 6.07) is 0. The fourth-order valence-electron chi connectivity index (χ4n) is 2.14. The third-order valence-corrected chi connectivity index (χ3v) is 3.22. The highest BCUT2D eigenvalue weighted by molar-refractivity contribution is 5.95. The third kappa shape index (κ3) is 3.21. The molecule has 0 saturated carbocycles. The second kappa shape index (κ2) is 5.07. The van der Waals surface area contributed by atoms with E-state index in [9.17, 15) is 0 Å². The second-order valence-corrected chi connectivity index (χ2v) is 5.67. The Bertz CT molecular complexity index is 384. The molecule has 0 unspecified atom stereocenters. The van der Waals surface area contributed by atoms with Gasteiger partial charge in [0.25, 0.3) is 0 Å². The van der Waals surface area contributed by atoms with Crippen LogP contribution in [0.1, 0.15) is 48.5 Å². The highest BCUT2D eigenvalue weighted by atomic mass is 16.5. The lowest BCUT2D eigenvalue weighted by Crippen LogP contribution is -2.17. The van der Waals surface area contributed by atoms with Crippen molar-refractivity contribution in [2.45, 2.75) is 54.0 Å². The molecule has 2 nitrogen and oxygen atoms in total. The summed E-state index contributed by atoms with van der Waals surface area (Å²) in [4.78, 5) is 4.63. The van der Waals surface area contributed by atoms with E-state index in [4.69, 9.17) is 4.74 Å². The van der Waals surface area contributed by atoms with Crippen LogP contribution in [0.3, 0.4) is 0 Å². The van der Waals surface area contributed by atoms with Gasteiger partial charge in [-0.3, -0.25) is 0 Å². The van der Waals surface area contributed by atoms with Crippen LogP contribution in [0.15, 0.2) is 27.8 Å². The molecule has 1 aliphatic rings. The quantitative estimate of drug-likeness (QED) is 0.674. The summed E-state index contributed by atoms with van der Waals surface area (Å²) < 4.78 is 5.69. The number of hydrogen-bond acceptors (Lipinski definition) is 2. The number of ether oxygens (including phenoxy) is 1. The standard InChI is InChI=1S/C15H25NO/c1-8-13(10(2)3)11(4)12(5)14-16-15(6,7)9-17-14/h8,10H,9H2,1-7H3/b12-11+,13-8-. The predicted molar refractivity (Wildman–Crippen MR) is 74.4 cm³/mol. The Kier molecular flexibility index (Phi) is 4.18. The molecule has 0 spiro atoms. The lowest BCUT2D eigenvalue weighted by atomic mass is 9.93. The van der Waals surface area contributed by atoms with Crippen molar-refractivity contribution in [2.75, 3.05) is 6.61 Å². The Balaban J connectivity index is 3.07. The summed E-state index contributed by atoms with van der Waals surface area (Å²) in [5.41, 5.74) is 3.75. The molecule has 0 bridgehead atoms. The van der Waals surface area contributed by atoms with Crippen LogP contribution in [0.5, 0.6) is 0 Å². The Morgan fingerprint density at radius 1 is 1.35 bits per heavy atom. The molecule has 2 heteroatoms. The number of hydrogen-bond donors (Lipinski definition) is 0. The zero-order valence-corrected chi connectivity index (χ0v) is 12.2. The van der Waals surface area contributed by atoms with E-state index >= 15 is 0 Å². The fraction of sp³-hybridized carbons (Fsp3) is 0.667. The highest BCUT2D eigenvalue weighted by Crippen LogP contribution is 2.26. The van der Waals surface area contributed by atoms with Crippen LogP contribution in [0.2, 0.25) is 0 Å². The van der Waals surface area contributed by atoms with E-state index in [1.165, 1.54) is 11.1 Å². The maximum absolute atomic E-state index is 5.69. The average Bonchev–Trinajstić information content (AvgIpc) is 2.58. The Morgan fingerprint density at radius 3 is 2.29 bits per heavy atom. The summed E-state index contributed by atoms with van der Waals surface area (Å²) in [6.45, 7) is 15.7. The smallest absolute Gasteiger partial charge is 0.212 e. The van der Waals surface area contributed by atoms with Gasteiger partial charge in [0.15, 0.2) is 0 Å². The van der Waals surface area contributed by atoms with Gasteiger partial charge in [0.2, 0.25) is 5.90 Å². The molecular weight excluding hydrogens is 210 g/mol. The van der Waals surface area contributed by atoms with E-state index in [-0.39, 0.29) is 5.54 Å². The van der Waals surface area contributed by atoms with Crippen molar-refractivity contribution in [3.63, 3.8) is 0 Å². The van der Waals surface area contributed by atoms with E-state index in [0.29, 0.717) is 12.5 Å². The first kappa shape index (κ1) is 14.0. The Morgan fingerprint density at radius 2 is 1.94 bits per heavy atom. The van der Waals surface area contributed by atoms with Gasteiger partial charge in [0.1, 0.15) is 6.61 Å². The molecule has 0 fully saturated rings. The van der Waals surface area contributed by atoms with Crippen molar-refractivity contribution in [3.8, 4) is 0 Å². The first-order chi connectivity index (χ1) is 7.78. The first-order valence-corrected chi connectivity index (χ1v) is 6.35. The third-order valence-electron chi connectivity index (χ3n) is 3.22. The maximum atomic E-state index is 5.69. The molecule has 96 valence electrons. The summed E-state index contributed by atoms with van der Waals surface area (Å²) in [6.07, 6.45) is 2.18. The van der Waals surface area contributed by atoms with Gasteiger partial charge in [-0.05, 0) is 51.7 Å². The SMILES string of the molecule is C/C=C(\C(C)=C(/C)C1=NC(C)(C)CO1)C(C)C. The van der Waals surface area contributed by atoms with Gasteiger partial charge in [0, 0.05) is 5.57 Å². The van der Waals surface area contributed by atoms with Gasteiger partial charge in [-0.1, -0.05) is 19.9 Å². The van der Waals surface area contributed by atoms with Crippen molar-refractivity contribution >= 4 is 5.90 Å². The first-order valence-electron chi connectivity index (χ1n) is 6.35. The topological polar surface area (TPSA) is 21.6 Å². The molecule has 17 heavy (non-hydrogen) atoms. The summed E-state index contributed by atoms with van der Waals surface area (Å²) in [7, 11) is 0. The zero-order chi connectivity index (χ0) is 13.2. The molecule has 0 amide bonds. The van der Waals surface area contributed by atoms with Crippen molar-refractivity contribution in [2.24, 2.45) is 10.9 Å².